The molecule has 2 heterocycles. The first-order valence-corrected chi connectivity index (χ1v) is 11.9. The highest BCUT2D eigenvalue weighted by molar-refractivity contribution is 7.16. The van der Waals surface area contributed by atoms with Crippen molar-refractivity contribution in [2.75, 3.05) is 14.2 Å². The van der Waals surface area contributed by atoms with E-state index in [1.54, 1.807) is 31.6 Å². The van der Waals surface area contributed by atoms with E-state index in [9.17, 15) is 5.26 Å². The van der Waals surface area contributed by atoms with Crippen molar-refractivity contribution in [1.29, 1.82) is 5.26 Å². The van der Waals surface area contributed by atoms with Crippen LogP contribution in [0.1, 0.15) is 28.8 Å². The van der Waals surface area contributed by atoms with E-state index in [4.69, 9.17) is 30.5 Å². The molecule has 1 aliphatic carbocycles. The van der Waals surface area contributed by atoms with Crippen molar-refractivity contribution in [3.8, 4) is 28.9 Å². The van der Waals surface area contributed by atoms with Gasteiger partial charge in [0.2, 0.25) is 0 Å². The molecular formula is C26H21ClN2O3S. The number of rotatable bonds is 4. The molecule has 0 fully saturated rings. The summed E-state index contributed by atoms with van der Waals surface area (Å²) in [5.41, 5.74) is 3.34. The van der Waals surface area contributed by atoms with E-state index in [2.05, 4.69) is 6.07 Å². The normalized spacial score (nSPS) is 13.6. The molecule has 4 aromatic rings. The minimum Gasteiger partial charge on any atom is -0.493 e. The van der Waals surface area contributed by atoms with Gasteiger partial charge in [-0.15, -0.1) is 11.3 Å². The van der Waals surface area contributed by atoms with Crippen LogP contribution in [0, 0.1) is 11.3 Å². The lowest BCUT2D eigenvalue weighted by atomic mass is 9.96. The summed E-state index contributed by atoms with van der Waals surface area (Å²) in [5, 5.41) is 12.7. The number of hydrogen-bond acceptors (Lipinski definition) is 6. The minimum atomic E-state index is 0.596. The molecule has 5 nitrogen and oxygen atoms in total. The molecule has 7 heteroatoms. The van der Waals surface area contributed by atoms with Gasteiger partial charge in [-0.2, -0.15) is 5.26 Å². The molecule has 166 valence electrons. The van der Waals surface area contributed by atoms with Gasteiger partial charge in [0, 0.05) is 26.9 Å². The summed E-state index contributed by atoms with van der Waals surface area (Å²) in [6.07, 6.45) is 4.23. The van der Waals surface area contributed by atoms with Crippen molar-refractivity contribution in [2.24, 2.45) is 4.99 Å². The number of ether oxygens (including phenoxy) is 2. The van der Waals surface area contributed by atoms with Gasteiger partial charge in [0.05, 0.1) is 25.1 Å². The van der Waals surface area contributed by atoms with Crippen LogP contribution in [0.4, 0.5) is 5.00 Å². The fourth-order valence-electron chi connectivity index (χ4n) is 4.22. The monoisotopic (exact) mass is 476 g/mol. The summed E-state index contributed by atoms with van der Waals surface area (Å²) in [5.74, 6) is 1.88. The summed E-state index contributed by atoms with van der Waals surface area (Å²) >= 11 is 7.92. The molecule has 1 aliphatic rings. The number of halogens is 1. The first-order valence-electron chi connectivity index (χ1n) is 10.7. The largest absolute Gasteiger partial charge is 0.493 e. The quantitative estimate of drug-likeness (QED) is 0.324. The molecule has 0 amide bonds. The molecule has 33 heavy (non-hydrogen) atoms. The number of nitrogens with zero attached hydrogens (tertiary/aromatic N) is 2. The van der Waals surface area contributed by atoms with E-state index in [-0.39, 0.29) is 0 Å². The number of thiophene rings is 1. The maximum absolute atomic E-state index is 9.87. The van der Waals surface area contributed by atoms with Gasteiger partial charge in [-0.25, -0.2) is 4.99 Å². The number of fused-ring (bicyclic) bond motifs is 2. The Balaban J connectivity index is 1.75. The molecule has 0 N–H and O–H groups in total. The van der Waals surface area contributed by atoms with Crippen LogP contribution in [0.15, 0.2) is 51.9 Å². The van der Waals surface area contributed by atoms with Gasteiger partial charge in [-0.05, 0) is 67.6 Å². The number of methoxy groups -OCH3 is 2. The molecule has 2 aromatic carbocycles. The highest BCUT2D eigenvalue weighted by Gasteiger charge is 2.20. The van der Waals surface area contributed by atoms with Crippen LogP contribution in [0.2, 0.25) is 5.02 Å². The lowest BCUT2D eigenvalue weighted by molar-refractivity contribution is 0.355. The molecule has 0 saturated carbocycles. The van der Waals surface area contributed by atoms with Gasteiger partial charge in [-0.3, -0.25) is 0 Å². The molecule has 0 saturated heterocycles. The van der Waals surface area contributed by atoms with Crippen molar-refractivity contribution in [2.45, 2.75) is 25.7 Å². The second-order valence-corrected chi connectivity index (χ2v) is 9.34. The van der Waals surface area contributed by atoms with Crippen LogP contribution >= 0.6 is 22.9 Å². The summed E-state index contributed by atoms with van der Waals surface area (Å²) in [6, 6.07) is 15.4. The predicted molar refractivity (Wildman–Crippen MR) is 131 cm³/mol. The van der Waals surface area contributed by atoms with Gasteiger partial charge in [0.25, 0.3) is 0 Å². The van der Waals surface area contributed by atoms with E-state index < -0.39 is 0 Å². The third kappa shape index (κ3) is 3.99. The predicted octanol–water partition coefficient (Wildman–Crippen LogP) is 6.81. The van der Waals surface area contributed by atoms with Crippen molar-refractivity contribution < 1.29 is 13.9 Å². The summed E-state index contributed by atoms with van der Waals surface area (Å²) in [7, 11) is 3.20. The Labute approximate surface area is 200 Å². The zero-order valence-corrected chi connectivity index (χ0v) is 19.8. The van der Waals surface area contributed by atoms with E-state index >= 15 is 0 Å². The van der Waals surface area contributed by atoms with Crippen molar-refractivity contribution in [3.05, 3.63) is 68.8 Å². The van der Waals surface area contributed by atoms with Crippen LogP contribution in [0.3, 0.4) is 0 Å². The average Bonchev–Trinajstić information content (AvgIpc) is 3.20. The SMILES string of the molecule is COc1ccc(-c2cc(=Nc3sc4c(c3C#N)CCCC4)c3cc(Cl)ccc3o2)cc1OC. The standard InChI is InChI=1S/C26H21ClN2O3S/c1-30-22-9-7-15(11-24(22)31-2)23-13-20(18-12-16(27)8-10-21(18)32-23)29-26-19(14-28)17-5-3-4-6-25(17)33-26/h7-13H,3-6H2,1-2H3. The minimum absolute atomic E-state index is 0.596. The summed E-state index contributed by atoms with van der Waals surface area (Å²) < 4.78 is 17.0. The van der Waals surface area contributed by atoms with Crippen LogP contribution in [-0.2, 0) is 12.8 Å². The van der Waals surface area contributed by atoms with Crippen LogP contribution in [-0.4, -0.2) is 14.2 Å². The van der Waals surface area contributed by atoms with E-state index in [1.165, 1.54) is 4.88 Å². The number of benzene rings is 2. The molecule has 0 unspecified atom stereocenters. The fraction of sp³-hybridized carbons (Fsp3) is 0.231. The maximum atomic E-state index is 9.87. The Morgan fingerprint density at radius 1 is 1.03 bits per heavy atom. The highest BCUT2D eigenvalue weighted by atomic mass is 35.5. The number of hydrogen-bond donors (Lipinski definition) is 0. The maximum Gasteiger partial charge on any atom is 0.161 e. The molecule has 0 atom stereocenters. The average molecular weight is 477 g/mol. The second kappa shape index (κ2) is 8.93. The van der Waals surface area contributed by atoms with Gasteiger partial charge in [0.15, 0.2) is 11.5 Å². The molecule has 0 bridgehead atoms. The number of aryl methyl sites for hydroxylation is 1. The Morgan fingerprint density at radius 3 is 2.64 bits per heavy atom. The van der Waals surface area contributed by atoms with E-state index in [0.29, 0.717) is 38.8 Å². The van der Waals surface area contributed by atoms with E-state index in [1.807, 2.05) is 36.4 Å². The van der Waals surface area contributed by atoms with Crippen molar-refractivity contribution >= 4 is 38.9 Å². The van der Waals surface area contributed by atoms with Gasteiger partial charge >= 0.3 is 0 Å². The van der Waals surface area contributed by atoms with Crippen LogP contribution in [0.25, 0.3) is 22.3 Å². The van der Waals surface area contributed by atoms with E-state index in [0.717, 1.165) is 47.2 Å². The van der Waals surface area contributed by atoms with Crippen LogP contribution in [0.5, 0.6) is 11.5 Å². The zero-order valence-electron chi connectivity index (χ0n) is 18.3. The lowest BCUT2D eigenvalue weighted by Crippen LogP contribution is -2.03. The number of nitriles is 1. The topological polar surface area (TPSA) is 67.8 Å². The van der Waals surface area contributed by atoms with Gasteiger partial charge < -0.3 is 13.9 Å². The molecule has 0 radical (unpaired) electrons. The van der Waals surface area contributed by atoms with Crippen LogP contribution < -0.4 is 14.8 Å². The highest BCUT2D eigenvalue weighted by Crippen LogP contribution is 2.39. The zero-order chi connectivity index (χ0) is 22.9. The summed E-state index contributed by atoms with van der Waals surface area (Å²) in [6.45, 7) is 0. The van der Waals surface area contributed by atoms with Crippen molar-refractivity contribution in [3.63, 3.8) is 0 Å². The Kier molecular flexibility index (Phi) is 5.84. The second-order valence-electron chi connectivity index (χ2n) is 7.82. The Hall–Kier alpha value is -3.27. The molecule has 0 aliphatic heterocycles. The van der Waals surface area contributed by atoms with Crippen molar-refractivity contribution in [1.82, 2.24) is 0 Å². The molecule has 0 spiro atoms. The smallest absolute Gasteiger partial charge is 0.161 e. The molecule has 2 aromatic heterocycles. The lowest BCUT2D eigenvalue weighted by Gasteiger charge is -2.10. The molecular weight excluding hydrogens is 456 g/mol. The summed E-state index contributed by atoms with van der Waals surface area (Å²) in [4.78, 5) is 6.25. The fourth-order valence-corrected chi connectivity index (χ4v) is 5.61. The third-order valence-electron chi connectivity index (χ3n) is 5.86. The Morgan fingerprint density at radius 2 is 1.85 bits per heavy atom. The van der Waals surface area contributed by atoms with Gasteiger partial charge in [0.1, 0.15) is 22.4 Å². The molecule has 5 rings (SSSR count). The Bertz CT molecular complexity index is 1480. The first kappa shape index (κ1) is 21.6. The first-order chi connectivity index (χ1) is 16.1. The van der Waals surface area contributed by atoms with Gasteiger partial charge in [-0.1, -0.05) is 11.6 Å². The third-order valence-corrected chi connectivity index (χ3v) is 7.28.